The van der Waals surface area contributed by atoms with Crippen LogP contribution in [0.25, 0.3) is 0 Å². The molecule has 10 heteroatoms. The largest absolute Gasteiger partial charge is 0.358 e. The van der Waals surface area contributed by atoms with E-state index in [1.165, 1.54) is 9.21 Å². The van der Waals surface area contributed by atoms with Crippen LogP contribution >= 0.6 is 0 Å². The molecule has 3 aliphatic rings. The number of nitrogens with one attached hydrogen (secondary N) is 1. The van der Waals surface area contributed by atoms with Crippen LogP contribution in [-0.4, -0.2) is 61.7 Å². The van der Waals surface area contributed by atoms with Gasteiger partial charge in [0, 0.05) is 25.8 Å². The number of anilines is 2. The normalized spacial score (nSPS) is 20.7. The number of pyridine rings is 1. The number of piperidine rings is 1. The minimum Gasteiger partial charge on any atom is -0.358 e. The summed E-state index contributed by atoms with van der Waals surface area (Å²) in [7, 11) is -3.65. The molecule has 4 heterocycles. The number of rotatable bonds is 6. The van der Waals surface area contributed by atoms with Crippen LogP contribution < -0.4 is 15.1 Å². The standard InChI is InChI=1S/C24H29N5O4S/c30-23(26-16-18-7-1-3-11-25-18)17-29-22-15-19(34(32,33)27-12-5-6-13-27)9-10-20(22)28-14-4-2-8-21(28)24(29)31/h1,3,7,9-11,15,21H,2,4-6,8,12-14,16-17H2,(H,26,30)/t21-/m0/s1. The Kier molecular flexibility index (Phi) is 6.26. The Morgan fingerprint density at radius 2 is 1.82 bits per heavy atom. The van der Waals surface area contributed by atoms with Crippen LogP contribution in [0.4, 0.5) is 11.4 Å². The highest BCUT2D eigenvalue weighted by Crippen LogP contribution is 2.41. The molecule has 2 saturated heterocycles. The van der Waals surface area contributed by atoms with Gasteiger partial charge >= 0.3 is 0 Å². The second-order valence-electron chi connectivity index (χ2n) is 8.99. The maximum absolute atomic E-state index is 13.5. The number of fused-ring (bicyclic) bond motifs is 3. The Labute approximate surface area is 199 Å². The summed E-state index contributed by atoms with van der Waals surface area (Å²) < 4.78 is 27.9. The lowest BCUT2D eigenvalue weighted by Gasteiger charge is -2.45. The Hall–Kier alpha value is -2.98. The van der Waals surface area contributed by atoms with Gasteiger partial charge < -0.3 is 10.2 Å². The third-order valence-electron chi connectivity index (χ3n) is 6.80. The predicted octanol–water partition coefficient (Wildman–Crippen LogP) is 1.89. The van der Waals surface area contributed by atoms with Crippen molar-refractivity contribution in [2.45, 2.75) is 49.6 Å². The Morgan fingerprint density at radius 1 is 1.03 bits per heavy atom. The van der Waals surface area contributed by atoms with Crippen molar-refractivity contribution in [2.24, 2.45) is 0 Å². The van der Waals surface area contributed by atoms with E-state index in [-0.39, 0.29) is 35.8 Å². The fraction of sp³-hybridized carbons (Fsp3) is 0.458. The summed E-state index contributed by atoms with van der Waals surface area (Å²) in [6.45, 7) is 1.84. The molecule has 2 amide bonds. The number of amides is 2. The number of carbonyl (C=O) groups is 2. The van der Waals surface area contributed by atoms with Crippen molar-refractivity contribution in [2.75, 3.05) is 36.0 Å². The monoisotopic (exact) mass is 483 g/mol. The van der Waals surface area contributed by atoms with Gasteiger partial charge in [0.05, 0.1) is 28.5 Å². The van der Waals surface area contributed by atoms with Gasteiger partial charge in [-0.3, -0.25) is 19.5 Å². The van der Waals surface area contributed by atoms with Crippen molar-refractivity contribution in [1.29, 1.82) is 0 Å². The molecule has 180 valence electrons. The van der Waals surface area contributed by atoms with Gasteiger partial charge in [-0.2, -0.15) is 4.31 Å². The molecule has 0 saturated carbocycles. The molecule has 0 unspecified atom stereocenters. The molecule has 2 aromatic rings. The number of hydrogen-bond donors (Lipinski definition) is 1. The predicted molar refractivity (Wildman–Crippen MR) is 128 cm³/mol. The van der Waals surface area contributed by atoms with E-state index < -0.39 is 10.0 Å². The summed E-state index contributed by atoms with van der Waals surface area (Å²) in [5.74, 6) is -0.474. The van der Waals surface area contributed by atoms with E-state index >= 15 is 0 Å². The molecule has 1 atom stereocenters. The molecular formula is C24H29N5O4S. The highest BCUT2D eigenvalue weighted by Gasteiger charge is 2.41. The highest BCUT2D eigenvalue weighted by molar-refractivity contribution is 7.89. The van der Waals surface area contributed by atoms with Crippen molar-refractivity contribution in [3.05, 3.63) is 48.3 Å². The van der Waals surface area contributed by atoms with E-state index in [9.17, 15) is 18.0 Å². The average Bonchev–Trinajstić information content (AvgIpc) is 3.42. The van der Waals surface area contributed by atoms with Gasteiger partial charge in [-0.15, -0.1) is 0 Å². The number of benzene rings is 1. The second-order valence-corrected chi connectivity index (χ2v) is 10.9. The molecule has 9 nitrogen and oxygen atoms in total. The van der Waals surface area contributed by atoms with Crippen LogP contribution in [0.15, 0.2) is 47.5 Å². The van der Waals surface area contributed by atoms with Crippen molar-refractivity contribution in [1.82, 2.24) is 14.6 Å². The Morgan fingerprint density at radius 3 is 2.59 bits per heavy atom. The summed E-state index contributed by atoms with van der Waals surface area (Å²) in [6, 6.07) is 10.1. The van der Waals surface area contributed by atoms with Gasteiger partial charge in [-0.25, -0.2) is 8.42 Å². The van der Waals surface area contributed by atoms with Gasteiger partial charge in [0.15, 0.2) is 0 Å². The van der Waals surface area contributed by atoms with Crippen LogP contribution in [-0.2, 0) is 26.2 Å². The quantitative estimate of drug-likeness (QED) is 0.673. The van der Waals surface area contributed by atoms with Crippen LogP contribution in [0, 0.1) is 0 Å². The SMILES string of the molecule is O=C(CN1C(=O)[C@@H]2CCCCN2c2ccc(S(=O)(=O)N3CCCC3)cc21)NCc1ccccn1. The molecular weight excluding hydrogens is 454 g/mol. The van der Waals surface area contributed by atoms with Gasteiger partial charge in [0.2, 0.25) is 21.8 Å². The molecule has 1 aromatic carbocycles. The molecule has 2 fully saturated rings. The topological polar surface area (TPSA) is 103 Å². The Bertz CT molecular complexity index is 1180. The highest BCUT2D eigenvalue weighted by atomic mass is 32.2. The number of carbonyl (C=O) groups excluding carboxylic acids is 2. The first-order valence-electron chi connectivity index (χ1n) is 11.8. The smallest absolute Gasteiger partial charge is 0.250 e. The molecule has 0 spiro atoms. The number of hydrogen-bond acceptors (Lipinski definition) is 6. The van der Waals surface area contributed by atoms with E-state index in [1.54, 1.807) is 30.5 Å². The molecule has 3 aliphatic heterocycles. The van der Waals surface area contributed by atoms with Gasteiger partial charge in [0.1, 0.15) is 12.6 Å². The van der Waals surface area contributed by atoms with Crippen molar-refractivity contribution >= 4 is 33.2 Å². The van der Waals surface area contributed by atoms with E-state index in [0.717, 1.165) is 50.0 Å². The van der Waals surface area contributed by atoms with Crippen LogP contribution in [0.2, 0.25) is 0 Å². The van der Waals surface area contributed by atoms with Crippen molar-refractivity contribution < 1.29 is 18.0 Å². The first-order chi connectivity index (χ1) is 16.4. The summed E-state index contributed by atoms with van der Waals surface area (Å²) in [4.78, 5) is 34.2. The first kappa shape index (κ1) is 22.8. The van der Waals surface area contributed by atoms with Gasteiger partial charge in [-0.05, 0) is 62.4 Å². The minimum atomic E-state index is -3.65. The molecule has 0 aliphatic carbocycles. The van der Waals surface area contributed by atoms with E-state index in [1.807, 2.05) is 12.1 Å². The van der Waals surface area contributed by atoms with Gasteiger partial charge in [-0.1, -0.05) is 6.07 Å². The third kappa shape index (κ3) is 4.27. The zero-order valence-corrected chi connectivity index (χ0v) is 19.8. The fourth-order valence-electron chi connectivity index (χ4n) is 5.03. The molecule has 0 radical (unpaired) electrons. The lowest BCUT2D eigenvalue weighted by Crippen LogP contribution is -2.57. The number of sulfonamides is 1. The molecule has 1 N–H and O–H groups in total. The third-order valence-corrected chi connectivity index (χ3v) is 8.69. The van der Waals surface area contributed by atoms with Crippen LogP contribution in [0.3, 0.4) is 0 Å². The Balaban J connectivity index is 1.45. The molecule has 0 bridgehead atoms. The van der Waals surface area contributed by atoms with Crippen LogP contribution in [0.5, 0.6) is 0 Å². The number of nitrogens with zero attached hydrogens (tertiary/aromatic N) is 4. The first-order valence-corrected chi connectivity index (χ1v) is 13.3. The van der Waals surface area contributed by atoms with E-state index in [4.69, 9.17) is 0 Å². The second kappa shape index (κ2) is 9.34. The molecule has 34 heavy (non-hydrogen) atoms. The minimum absolute atomic E-state index is 0.157. The lowest BCUT2D eigenvalue weighted by atomic mass is 9.96. The summed E-state index contributed by atoms with van der Waals surface area (Å²) in [5.41, 5.74) is 2.01. The summed E-state index contributed by atoms with van der Waals surface area (Å²) in [6.07, 6.45) is 6.00. The lowest BCUT2D eigenvalue weighted by molar-refractivity contribution is -0.125. The van der Waals surface area contributed by atoms with E-state index in [0.29, 0.717) is 18.8 Å². The summed E-state index contributed by atoms with van der Waals surface area (Å²) in [5, 5.41) is 2.82. The summed E-state index contributed by atoms with van der Waals surface area (Å²) >= 11 is 0. The maximum Gasteiger partial charge on any atom is 0.250 e. The average molecular weight is 484 g/mol. The van der Waals surface area contributed by atoms with E-state index in [2.05, 4.69) is 15.2 Å². The zero-order chi connectivity index (χ0) is 23.7. The van der Waals surface area contributed by atoms with Crippen molar-refractivity contribution in [3.63, 3.8) is 0 Å². The maximum atomic E-state index is 13.5. The number of aromatic nitrogens is 1. The van der Waals surface area contributed by atoms with Gasteiger partial charge in [0.25, 0.3) is 0 Å². The van der Waals surface area contributed by atoms with Crippen LogP contribution in [0.1, 0.15) is 37.8 Å². The molecule has 1 aromatic heterocycles. The zero-order valence-electron chi connectivity index (χ0n) is 19.0. The van der Waals surface area contributed by atoms with Crippen molar-refractivity contribution in [3.8, 4) is 0 Å². The molecule has 5 rings (SSSR count). The fourth-order valence-corrected chi connectivity index (χ4v) is 6.57.